The average Bonchev–Trinajstić information content (AvgIpc) is 2.83. The summed E-state index contributed by atoms with van der Waals surface area (Å²) < 4.78 is 5.83. The molecule has 1 aliphatic rings. The lowest BCUT2D eigenvalue weighted by Crippen LogP contribution is -2.16. The molecule has 5 heteroatoms. The van der Waals surface area contributed by atoms with Gasteiger partial charge in [-0.05, 0) is 67.3 Å². The molecule has 0 aliphatic carbocycles. The molecule has 4 rings (SSSR count). The van der Waals surface area contributed by atoms with Gasteiger partial charge in [-0.2, -0.15) is 0 Å². The highest BCUT2D eigenvalue weighted by atomic mass is 35.5. The van der Waals surface area contributed by atoms with Crippen molar-refractivity contribution in [1.29, 1.82) is 0 Å². The van der Waals surface area contributed by atoms with E-state index < -0.39 is 0 Å². The molecule has 0 amide bonds. The van der Waals surface area contributed by atoms with E-state index in [0.29, 0.717) is 6.61 Å². The molecule has 0 unspecified atom stereocenters. The van der Waals surface area contributed by atoms with Crippen LogP contribution in [0.1, 0.15) is 23.2 Å². The van der Waals surface area contributed by atoms with Gasteiger partial charge in [-0.15, -0.1) is 12.4 Å². The summed E-state index contributed by atoms with van der Waals surface area (Å²) in [5.74, 6) is 0.879. The van der Waals surface area contributed by atoms with Crippen LogP contribution < -0.4 is 10.1 Å². The zero-order valence-corrected chi connectivity index (χ0v) is 16.3. The Morgan fingerprint density at radius 2 is 1.81 bits per heavy atom. The number of hydrogen-bond donors (Lipinski definition) is 2. The Balaban J connectivity index is 0.00000196. The lowest BCUT2D eigenvalue weighted by atomic mass is 9.99. The lowest BCUT2D eigenvalue weighted by molar-refractivity contribution is 0.311. The number of nitrogens with one attached hydrogen (secondary N) is 2. The maximum Gasteiger partial charge on any atom is 0.119 e. The summed E-state index contributed by atoms with van der Waals surface area (Å²) in [5.41, 5.74) is 5.62. The normalized spacial score (nSPS) is 13.7. The van der Waals surface area contributed by atoms with E-state index in [-0.39, 0.29) is 12.4 Å². The van der Waals surface area contributed by atoms with Crippen molar-refractivity contribution >= 4 is 34.9 Å². The van der Waals surface area contributed by atoms with E-state index in [1.54, 1.807) is 0 Å². The molecular weight excluding hydrogens is 367 g/mol. The van der Waals surface area contributed by atoms with Gasteiger partial charge >= 0.3 is 0 Å². The van der Waals surface area contributed by atoms with Crippen molar-refractivity contribution in [3.63, 3.8) is 0 Å². The molecule has 0 saturated carbocycles. The third kappa shape index (κ3) is 4.17. The number of aromatic nitrogens is 1. The number of benzene rings is 2. The third-order valence-electron chi connectivity index (χ3n) is 4.88. The van der Waals surface area contributed by atoms with Gasteiger partial charge in [-0.3, -0.25) is 0 Å². The largest absolute Gasteiger partial charge is 0.494 e. The Labute approximate surface area is 165 Å². The Morgan fingerprint density at radius 3 is 2.65 bits per heavy atom. The number of hydrogen-bond acceptors (Lipinski definition) is 2. The van der Waals surface area contributed by atoms with Crippen LogP contribution in [0, 0.1) is 0 Å². The SMILES string of the molecule is Cl.Clc1ccc(OCCCc2cccc3[nH]c4c(c23)CCNCC4)cc1. The van der Waals surface area contributed by atoms with E-state index in [2.05, 4.69) is 28.5 Å². The van der Waals surface area contributed by atoms with E-state index in [9.17, 15) is 0 Å². The smallest absolute Gasteiger partial charge is 0.119 e. The Morgan fingerprint density at radius 1 is 1.00 bits per heavy atom. The maximum absolute atomic E-state index is 5.90. The van der Waals surface area contributed by atoms with Crippen molar-refractivity contribution in [1.82, 2.24) is 10.3 Å². The minimum atomic E-state index is 0. The van der Waals surface area contributed by atoms with Crippen LogP contribution in [0.2, 0.25) is 5.02 Å². The highest BCUT2D eigenvalue weighted by Gasteiger charge is 2.16. The van der Waals surface area contributed by atoms with Crippen LogP contribution in [0.3, 0.4) is 0 Å². The third-order valence-corrected chi connectivity index (χ3v) is 5.13. The van der Waals surface area contributed by atoms with Crippen LogP contribution in [-0.4, -0.2) is 24.7 Å². The van der Waals surface area contributed by atoms with Crippen LogP contribution in [0.5, 0.6) is 5.75 Å². The molecule has 0 radical (unpaired) electrons. The standard InChI is InChI=1S/C21H23ClN2O.ClH/c22-16-6-8-17(9-7-16)25-14-2-4-15-3-1-5-20-21(15)18-10-12-23-13-11-19(18)24-20;/h1,3,5-9,23-24H,2,4,10-14H2;1H. The second kappa shape index (κ2) is 8.81. The lowest BCUT2D eigenvalue weighted by Gasteiger charge is -2.08. The summed E-state index contributed by atoms with van der Waals surface area (Å²) in [7, 11) is 0. The first kappa shape index (κ1) is 19.1. The van der Waals surface area contributed by atoms with Crippen LogP contribution in [0.4, 0.5) is 0 Å². The second-order valence-electron chi connectivity index (χ2n) is 6.58. The highest BCUT2D eigenvalue weighted by molar-refractivity contribution is 6.30. The van der Waals surface area contributed by atoms with Crippen molar-refractivity contribution < 1.29 is 4.74 Å². The maximum atomic E-state index is 5.90. The Hall–Kier alpha value is -1.68. The van der Waals surface area contributed by atoms with E-state index in [1.807, 2.05) is 24.3 Å². The van der Waals surface area contributed by atoms with E-state index in [0.717, 1.165) is 49.5 Å². The van der Waals surface area contributed by atoms with E-state index in [1.165, 1.54) is 27.7 Å². The Kier molecular flexibility index (Phi) is 6.47. The van der Waals surface area contributed by atoms with E-state index >= 15 is 0 Å². The summed E-state index contributed by atoms with van der Waals surface area (Å²) in [4.78, 5) is 3.63. The fraction of sp³-hybridized carbons (Fsp3) is 0.333. The first-order valence-corrected chi connectivity index (χ1v) is 9.39. The van der Waals surface area contributed by atoms with Crippen LogP contribution in [0.15, 0.2) is 42.5 Å². The van der Waals surface area contributed by atoms with Gasteiger partial charge < -0.3 is 15.0 Å². The molecule has 3 nitrogen and oxygen atoms in total. The number of H-pyrrole nitrogens is 1. The van der Waals surface area contributed by atoms with Gasteiger partial charge in [-0.1, -0.05) is 23.7 Å². The van der Waals surface area contributed by atoms with Gasteiger partial charge in [0.2, 0.25) is 0 Å². The van der Waals surface area contributed by atoms with Crippen LogP contribution >= 0.6 is 24.0 Å². The number of fused-ring (bicyclic) bond motifs is 3. The van der Waals surface area contributed by atoms with E-state index in [4.69, 9.17) is 16.3 Å². The van der Waals surface area contributed by atoms with Gasteiger partial charge in [0, 0.05) is 34.6 Å². The molecule has 3 aromatic rings. The summed E-state index contributed by atoms with van der Waals surface area (Å²) in [5, 5.41) is 5.66. The summed E-state index contributed by atoms with van der Waals surface area (Å²) >= 11 is 5.90. The molecule has 0 fully saturated rings. The van der Waals surface area contributed by atoms with Gasteiger partial charge in [0.25, 0.3) is 0 Å². The fourth-order valence-electron chi connectivity index (χ4n) is 3.68. The van der Waals surface area contributed by atoms with Gasteiger partial charge in [0.05, 0.1) is 6.61 Å². The summed E-state index contributed by atoms with van der Waals surface area (Å²) in [6, 6.07) is 14.2. The van der Waals surface area contributed by atoms with Gasteiger partial charge in [0.15, 0.2) is 0 Å². The zero-order valence-electron chi connectivity index (χ0n) is 14.7. The molecule has 0 bridgehead atoms. The molecule has 2 aromatic carbocycles. The molecular formula is C21H24Cl2N2O. The summed E-state index contributed by atoms with van der Waals surface area (Å²) in [6.45, 7) is 2.84. The molecule has 0 atom stereocenters. The van der Waals surface area contributed by atoms with Crippen molar-refractivity contribution in [3.05, 3.63) is 64.3 Å². The highest BCUT2D eigenvalue weighted by Crippen LogP contribution is 2.28. The van der Waals surface area contributed by atoms with Crippen LogP contribution in [0.25, 0.3) is 10.9 Å². The van der Waals surface area contributed by atoms with Gasteiger partial charge in [0.1, 0.15) is 5.75 Å². The molecule has 1 aliphatic heterocycles. The van der Waals surface area contributed by atoms with Crippen molar-refractivity contribution in [2.45, 2.75) is 25.7 Å². The predicted molar refractivity (Wildman–Crippen MR) is 111 cm³/mol. The number of halogens is 2. The molecule has 0 saturated heterocycles. The molecule has 26 heavy (non-hydrogen) atoms. The molecule has 138 valence electrons. The Bertz CT molecular complexity index is 858. The van der Waals surface area contributed by atoms with Gasteiger partial charge in [-0.25, -0.2) is 0 Å². The quantitative estimate of drug-likeness (QED) is 0.605. The molecule has 2 heterocycles. The van der Waals surface area contributed by atoms with Crippen molar-refractivity contribution in [2.75, 3.05) is 19.7 Å². The fourth-order valence-corrected chi connectivity index (χ4v) is 3.81. The molecule has 0 spiro atoms. The predicted octanol–water partition coefficient (Wildman–Crippen LogP) is 4.94. The minimum absolute atomic E-state index is 0. The second-order valence-corrected chi connectivity index (χ2v) is 7.01. The van der Waals surface area contributed by atoms with Crippen molar-refractivity contribution in [2.24, 2.45) is 0 Å². The zero-order chi connectivity index (χ0) is 17.1. The minimum Gasteiger partial charge on any atom is -0.494 e. The summed E-state index contributed by atoms with van der Waals surface area (Å²) in [6.07, 6.45) is 4.22. The number of rotatable bonds is 5. The van der Waals surface area contributed by atoms with Crippen molar-refractivity contribution in [3.8, 4) is 5.75 Å². The monoisotopic (exact) mass is 390 g/mol. The average molecular weight is 391 g/mol. The number of aryl methyl sites for hydroxylation is 1. The first-order chi connectivity index (χ1) is 12.3. The first-order valence-electron chi connectivity index (χ1n) is 9.01. The molecule has 1 aromatic heterocycles. The number of ether oxygens (including phenoxy) is 1. The molecule has 2 N–H and O–H groups in total. The topological polar surface area (TPSA) is 37.0 Å². The van der Waals surface area contributed by atoms with Crippen LogP contribution in [-0.2, 0) is 19.3 Å². The number of aromatic amines is 1.